The largest absolute Gasteiger partial charge is 0.478 e. The fourth-order valence-corrected chi connectivity index (χ4v) is 3.21. The molecule has 0 spiro atoms. The maximum Gasteiger partial charge on any atom is 0.335 e. The SMILES string of the molecule is Cn1c(/C=C/c2ccncc2)ccc1/C=N/Nc1ccc(-c2ccc(C(=O)O)cc2)cc1. The zero-order valence-electron chi connectivity index (χ0n) is 17.5. The van der Waals surface area contributed by atoms with Crippen LogP contribution >= 0.6 is 0 Å². The lowest BCUT2D eigenvalue weighted by Gasteiger charge is -2.05. The number of carboxylic acids is 1. The summed E-state index contributed by atoms with van der Waals surface area (Å²) < 4.78 is 2.06. The van der Waals surface area contributed by atoms with Crippen molar-refractivity contribution in [3.05, 3.63) is 108 Å². The van der Waals surface area contributed by atoms with Crippen molar-refractivity contribution in [1.29, 1.82) is 0 Å². The minimum atomic E-state index is -0.927. The second-order valence-electron chi connectivity index (χ2n) is 7.19. The summed E-state index contributed by atoms with van der Waals surface area (Å²) >= 11 is 0. The monoisotopic (exact) mass is 422 g/mol. The summed E-state index contributed by atoms with van der Waals surface area (Å²) in [7, 11) is 2.00. The van der Waals surface area contributed by atoms with Gasteiger partial charge in [0, 0.05) is 25.1 Å². The summed E-state index contributed by atoms with van der Waals surface area (Å²) in [5.41, 5.74) is 9.29. The molecule has 2 aromatic heterocycles. The Hall–Kier alpha value is -4.45. The molecular weight excluding hydrogens is 400 g/mol. The zero-order chi connectivity index (χ0) is 22.3. The van der Waals surface area contributed by atoms with Gasteiger partial charge in [-0.1, -0.05) is 30.3 Å². The molecule has 32 heavy (non-hydrogen) atoms. The highest BCUT2D eigenvalue weighted by Crippen LogP contribution is 2.22. The Morgan fingerprint density at radius 2 is 1.50 bits per heavy atom. The maximum absolute atomic E-state index is 11.0. The number of pyridine rings is 1. The third-order valence-electron chi connectivity index (χ3n) is 5.09. The minimum absolute atomic E-state index is 0.276. The summed E-state index contributed by atoms with van der Waals surface area (Å²) in [5, 5.41) is 13.4. The van der Waals surface area contributed by atoms with E-state index in [1.54, 1.807) is 42.9 Å². The summed E-state index contributed by atoms with van der Waals surface area (Å²) in [4.78, 5) is 15.0. The smallest absolute Gasteiger partial charge is 0.335 e. The van der Waals surface area contributed by atoms with Crippen molar-refractivity contribution >= 4 is 30.0 Å². The number of carbonyl (C=O) groups is 1. The van der Waals surface area contributed by atoms with Crippen molar-refractivity contribution in [1.82, 2.24) is 9.55 Å². The molecule has 158 valence electrons. The van der Waals surface area contributed by atoms with Gasteiger partial charge in [0.15, 0.2) is 0 Å². The first kappa shape index (κ1) is 20.8. The Morgan fingerprint density at radius 1 is 0.875 bits per heavy atom. The van der Waals surface area contributed by atoms with Crippen molar-refractivity contribution in [2.24, 2.45) is 12.1 Å². The maximum atomic E-state index is 11.0. The molecule has 0 aliphatic rings. The van der Waals surface area contributed by atoms with Gasteiger partial charge in [-0.15, -0.1) is 0 Å². The van der Waals surface area contributed by atoms with Crippen LogP contribution in [0.3, 0.4) is 0 Å². The van der Waals surface area contributed by atoms with Crippen LogP contribution in [0.25, 0.3) is 23.3 Å². The highest BCUT2D eigenvalue weighted by atomic mass is 16.4. The van der Waals surface area contributed by atoms with E-state index in [4.69, 9.17) is 5.11 Å². The molecular formula is C26H22N4O2. The van der Waals surface area contributed by atoms with E-state index in [2.05, 4.69) is 26.2 Å². The van der Waals surface area contributed by atoms with Crippen LogP contribution in [0.1, 0.15) is 27.3 Å². The molecule has 0 unspecified atom stereocenters. The number of aromatic carboxylic acids is 1. The molecule has 0 aliphatic carbocycles. The van der Waals surface area contributed by atoms with Gasteiger partial charge in [-0.05, 0) is 71.3 Å². The molecule has 6 nitrogen and oxygen atoms in total. The van der Waals surface area contributed by atoms with Gasteiger partial charge in [0.05, 0.1) is 23.2 Å². The Bertz CT molecular complexity index is 1260. The normalized spacial score (nSPS) is 11.3. The third-order valence-corrected chi connectivity index (χ3v) is 5.09. The van der Waals surface area contributed by atoms with Crippen molar-refractivity contribution in [3.63, 3.8) is 0 Å². The van der Waals surface area contributed by atoms with E-state index in [0.29, 0.717) is 0 Å². The predicted octanol–water partition coefficient (Wildman–Crippen LogP) is 5.40. The van der Waals surface area contributed by atoms with Gasteiger partial charge in [0.25, 0.3) is 0 Å². The van der Waals surface area contributed by atoms with E-state index in [9.17, 15) is 4.79 Å². The first-order valence-corrected chi connectivity index (χ1v) is 10.1. The lowest BCUT2D eigenvalue weighted by atomic mass is 10.0. The average molecular weight is 422 g/mol. The van der Waals surface area contributed by atoms with Gasteiger partial charge in [-0.3, -0.25) is 10.4 Å². The lowest BCUT2D eigenvalue weighted by molar-refractivity contribution is 0.0697. The van der Waals surface area contributed by atoms with Gasteiger partial charge < -0.3 is 9.67 Å². The quantitative estimate of drug-likeness (QED) is 0.309. The van der Waals surface area contributed by atoms with E-state index in [0.717, 1.165) is 33.8 Å². The second-order valence-corrected chi connectivity index (χ2v) is 7.19. The number of hydrazone groups is 1. The molecule has 0 radical (unpaired) electrons. The standard InChI is InChI=1S/C26H22N4O2/c1-30-24(11-2-19-14-16-27-17-15-19)12-13-25(30)18-28-29-23-9-7-21(8-10-23)20-3-5-22(6-4-20)26(31)32/h2-18,29H,1H3,(H,31,32)/b11-2+,28-18+. The van der Waals surface area contributed by atoms with Gasteiger partial charge in [-0.25, -0.2) is 4.79 Å². The van der Waals surface area contributed by atoms with E-state index >= 15 is 0 Å². The average Bonchev–Trinajstić information content (AvgIpc) is 3.18. The van der Waals surface area contributed by atoms with Gasteiger partial charge >= 0.3 is 5.97 Å². The number of benzene rings is 2. The molecule has 2 N–H and O–H groups in total. The second kappa shape index (κ2) is 9.57. The minimum Gasteiger partial charge on any atom is -0.478 e. The van der Waals surface area contributed by atoms with Gasteiger partial charge in [0.1, 0.15) is 0 Å². The number of aromatic nitrogens is 2. The summed E-state index contributed by atoms with van der Waals surface area (Å²) in [5.74, 6) is -0.927. The number of hydrogen-bond acceptors (Lipinski definition) is 4. The molecule has 0 bridgehead atoms. The fraction of sp³-hybridized carbons (Fsp3) is 0.0385. The summed E-state index contributed by atoms with van der Waals surface area (Å²) in [6.07, 6.45) is 9.43. The number of anilines is 1. The Kier molecular flexibility index (Phi) is 6.22. The van der Waals surface area contributed by atoms with Crippen molar-refractivity contribution < 1.29 is 9.90 Å². The highest BCUT2D eigenvalue weighted by Gasteiger charge is 2.03. The van der Waals surface area contributed by atoms with Crippen LogP contribution in [0.5, 0.6) is 0 Å². The number of nitrogens with one attached hydrogen (secondary N) is 1. The molecule has 0 aliphatic heterocycles. The van der Waals surface area contributed by atoms with Crippen LogP contribution < -0.4 is 5.43 Å². The Balaban J connectivity index is 1.38. The first-order valence-electron chi connectivity index (χ1n) is 10.1. The number of carboxylic acid groups (broad SMARTS) is 1. The van der Waals surface area contributed by atoms with E-state index in [-0.39, 0.29) is 5.56 Å². The van der Waals surface area contributed by atoms with Gasteiger partial charge in [-0.2, -0.15) is 5.10 Å². The van der Waals surface area contributed by atoms with Crippen LogP contribution in [0.15, 0.2) is 90.3 Å². The molecule has 4 aromatic rings. The van der Waals surface area contributed by atoms with Crippen LogP contribution in [0.2, 0.25) is 0 Å². The molecule has 0 saturated heterocycles. The zero-order valence-corrected chi connectivity index (χ0v) is 17.5. The lowest BCUT2D eigenvalue weighted by Crippen LogP contribution is -1.98. The van der Waals surface area contributed by atoms with E-state index < -0.39 is 5.97 Å². The van der Waals surface area contributed by atoms with Crippen LogP contribution in [-0.4, -0.2) is 26.8 Å². The highest BCUT2D eigenvalue weighted by molar-refractivity contribution is 5.88. The topological polar surface area (TPSA) is 79.5 Å². The number of rotatable bonds is 7. The summed E-state index contributed by atoms with van der Waals surface area (Å²) in [6.45, 7) is 0. The molecule has 0 saturated carbocycles. The molecule has 0 fully saturated rings. The summed E-state index contributed by atoms with van der Waals surface area (Å²) in [6, 6.07) is 22.6. The van der Waals surface area contributed by atoms with Crippen molar-refractivity contribution in [2.75, 3.05) is 5.43 Å². The van der Waals surface area contributed by atoms with Crippen molar-refractivity contribution in [3.8, 4) is 11.1 Å². The predicted molar refractivity (Wildman–Crippen MR) is 129 cm³/mol. The van der Waals surface area contributed by atoms with Gasteiger partial charge in [0.2, 0.25) is 0 Å². The molecule has 2 heterocycles. The molecule has 0 amide bonds. The Labute approximate surface area is 186 Å². The number of nitrogens with zero attached hydrogens (tertiary/aromatic N) is 3. The molecule has 4 rings (SSSR count). The van der Waals surface area contributed by atoms with Crippen LogP contribution in [0.4, 0.5) is 5.69 Å². The van der Waals surface area contributed by atoms with Crippen LogP contribution in [0, 0.1) is 0 Å². The van der Waals surface area contributed by atoms with E-state index in [1.165, 1.54) is 0 Å². The number of hydrogen-bond donors (Lipinski definition) is 2. The Morgan fingerprint density at radius 3 is 2.16 bits per heavy atom. The van der Waals surface area contributed by atoms with Crippen LogP contribution in [-0.2, 0) is 7.05 Å². The first-order chi connectivity index (χ1) is 15.6. The fourth-order valence-electron chi connectivity index (χ4n) is 3.21. The van der Waals surface area contributed by atoms with E-state index in [1.807, 2.05) is 61.7 Å². The van der Waals surface area contributed by atoms with Crippen molar-refractivity contribution in [2.45, 2.75) is 0 Å². The third kappa shape index (κ3) is 4.99. The molecule has 0 atom stereocenters. The molecule has 6 heteroatoms. The molecule has 2 aromatic carbocycles.